The number of rotatable bonds is 1. The first-order valence-corrected chi connectivity index (χ1v) is 3.08. The summed E-state index contributed by atoms with van der Waals surface area (Å²) in [7, 11) is 0. The third kappa shape index (κ3) is 1.63. The van der Waals surface area contributed by atoms with Crippen molar-refractivity contribution in [2.45, 2.75) is 13.3 Å². The molecule has 11 heavy (non-hydrogen) atoms. The molecule has 0 saturated heterocycles. The standard InChI is InChI=1S/C7H7F2NO/c1-4-2-6(11)5(3-10-4)7(8)9/h2-3,7H,1H3,(H,10,11). The third-order valence-corrected chi connectivity index (χ3v) is 1.32. The van der Waals surface area contributed by atoms with Crippen molar-refractivity contribution in [2.24, 2.45) is 0 Å². The molecule has 0 saturated carbocycles. The lowest BCUT2D eigenvalue weighted by molar-refractivity contribution is 0.149. The second-order valence-corrected chi connectivity index (χ2v) is 2.24. The number of nitrogens with one attached hydrogen (secondary N) is 1. The molecule has 1 N–H and O–H groups in total. The van der Waals surface area contributed by atoms with Gasteiger partial charge in [0.25, 0.3) is 6.43 Å². The van der Waals surface area contributed by atoms with Gasteiger partial charge in [-0.1, -0.05) is 0 Å². The number of halogens is 2. The minimum atomic E-state index is -2.70. The Morgan fingerprint density at radius 3 is 2.64 bits per heavy atom. The summed E-state index contributed by atoms with van der Waals surface area (Å²) >= 11 is 0. The van der Waals surface area contributed by atoms with Gasteiger partial charge >= 0.3 is 0 Å². The maximum absolute atomic E-state index is 11.9. The third-order valence-electron chi connectivity index (χ3n) is 1.32. The van der Waals surface area contributed by atoms with Crippen molar-refractivity contribution in [2.75, 3.05) is 0 Å². The number of alkyl halides is 2. The number of pyridine rings is 1. The van der Waals surface area contributed by atoms with Crippen molar-refractivity contribution in [3.63, 3.8) is 0 Å². The summed E-state index contributed by atoms with van der Waals surface area (Å²) in [6, 6.07) is 1.15. The van der Waals surface area contributed by atoms with Crippen LogP contribution in [0.3, 0.4) is 0 Å². The van der Waals surface area contributed by atoms with Crippen LogP contribution in [0.25, 0.3) is 0 Å². The Kier molecular flexibility index (Phi) is 2.03. The van der Waals surface area contributed by atoms with Gasteiger partial charge in [-0.3, -0.25) is 4.79 Å². The molecular weight excluding hydrogens is 152 g/mol. The highest BCUT2D eigenvalue weighted by atomic mass is 19.3. The molecule has 0 aliphatic rings. The number of aryl methyl sites for hydroxylation is 1. The van der Waals surface area contributed by atoms with Crippen molar-refractivity contribution >= 4 is 0 Å². The van der Waals surface area contributed by atoms with Crippen LogP contribution in [0.5, 0.6) is 0 Å². The predicted octanol–water partition coefficient (Wildman–Crippen LogP) is 1.62. The van der Waals surface area contributed by atoms with Gasteiger partial charge < -0.3 is 4.98 Å². The molecular formula is C7H7F2NO. The molecule has 0 fully saturated rings. The van der Waals surface area contributed by atoms with Crippen LogP contribution >= 0.6 is 0 Å². The van der Waals surface area contributed by atoms with Gasteiger partial charge in [-0.2, -0.15) is 0 Å². The minimum absolute atomic E-state index is 0.476. The highest BCUT2D eigenvalue weighted by molar-refractivity contribution is 5.14. The maximum Gasteiger partial charge on any atom is 0.269 e. The lowest BCUT2D eigenvalue weighted by atomic mass is 10.2. The fourth-order valence-corrected chi connectivity index (χ4v) is 0.755. The molecule has 0 unspecified atom stereocenters. The summed E-state index contributed by atoms with van der Waals surface area (Å²) < 4.78 is 23.9. The van der Waals surface area contributed by atoms with Crippen LogP contribution in [-0.2, 0) is 0 Å². The molecule has 0 aliphatic carbocycles. The molecule has 0 aromatic carbocycles. The second-order valence-electron chi connectivity index (χ2n) is 2.24. The summed E-state index contributed by atoms with van der Waals surface area (Å²) in [5, 5.41) is 0. The Morgan fingerprint density at radius 1 is 1.55 bits per heavy atom. The van der Waals surface area contributed by atoms with Crippen molar-refractivity contribution < 1.29 is 8.78 Å². The molecule has 0 aliphatic heterocycles. The Labute approximate surface area is 61.9 Å². The topological polar surface area (TPSA) is 32.9 Å². The second kappa shape index (κ2) is 2.82. The average molecular weight is 159 g/mol. The smallest absolute Gasteiger partial charge is 0.269 e. The van der Waals surface area contributed by atoms with Crippen LogP contribution < -0.4 is 5.43 Å². The monoisotopic (exact) mass is 159 g/mol. The van der Waals surface area contributed by atoms with E-state index in [0.717, 1.165) is 12.3 Å². The first-order chi connectivity index (χ1) is 5.11. The summed E-state index contributed by atoms with van der Waals surface area (Å²) in [4.78, 5) is 13.3. The minimum Gasteiger partial charge on any atom is -0.364 e. The van der Waals surface area contributed by atoms with Crippen LogP contribution in [0.1, 0.15) is 17.7 Å². The molecule has 0 bridgehead atoms. The number of aromatic amines is 1. The zero-order chi connectivity index (χ0) is 8.43. The molecule has 0 atom stereocenters. The molecule has 0 radical (unpaired) electrons. The molecule has 1 aromatic rings. The van der Waals surface area contributed by atoms with E-state index in [-0.39, 0.29) is 0 Å². The zero-order valence-electron chi connectivity index (χ0n) is 5.90. The van der Waals surface area contributed by atoms with Gasteiger partial charge in [0.1, 0.15) is 0 Å². The highest BCUT2D eigenvalue weighted by Crippen LogP contribution is 2.12. The van der Waals surface area contributed by atoms with E-state index in [4.69, 9.17) is 0 Å². The van der Waals surface area contributed by atoms with Gasteiger partial charge in [-0.15, -0.1) is 0 Å². The van der Waals surface area contributed by atoms with E-state index in [9.17, 15) is 13.6 Å². The fraction of sp³-hybridized carbons (Fsp3) is 0.286. The van der Waals surface area contributed by atoms with Gasteiger partial charge in [-0.05, 0) is 6.92 Å². The number of hydrogen-bond donors (Lipinski definition) is 1. The SMILES string of the molecule is Cc1cc(=O)c(C(F)F)c[nH]1. The Bertz CT molecular complexity index is 306. The van der Waals surface area contributed by atoms with Crippen LogP contribution in [0.4, 0.5) is 8.78 Å². The summed E-state index contributed by atoms with van der Waals surface area (Å²) in [5.41, 5.74) is -0.508. The van der Waals surface area contributed by atoms with Crippen molar-refractivity contribution in [1.82, 2.24) is 4.98 Å². The number of aromatic nitrogens is 1. The van der Waals surface area contributed by atoms with E-state index in [1.807, 2.05) is 0 Å². The summed E-state index contributed by atoms with van der Waals surface area (Å²) in [5.74, 6) is 0. The van der Waals surface area contributed by atoms with Crippen molar-refractivity contribution in [3.05, 3.63) is 33.7 Å². The number of hydrogen-bond acceptors (Lipinski definition) is 1. The summed E-state index contributed by atoms with van der Waals surface area (Å²) in [6.07, 6.45) is -1.65. The first-order valence-electron chi connectivity index (χ1n) is 3.08. The molecule has 0 amide bonds. The van der Waals surface area contributed by atoms with Crippen molar-refractivity contribution in [3.8, 4) is 0 Å². The largest absolute Gasteiger partial charge is 0.364 e. The Hall–Kier alpha value is -1.19. The van der Waals surface area contributed by atoms with E-state index >= 15 is 0 Å². The molecule has 0 spiro atoms. The summed E-state index contributed by atoms with van der Waals surface area (Å²) in [6.45, 7) is 1.64. The molecule has 4 heteroatoms. The highest BCUT2D eigenvalue weighted by Gasteiger charge is 2.10. The lowest BCUT2D eigenvalue weighted by Crippen LogP contribution is -2.09. The van der Waals surface area contributed by atoms with Gasteiger partial charge in [-0.25, -0.2) is 8.78 Å². The fourth-order valence-electron chi connectivity index (χ4n) is 0.755. The Morgan fingerprint density at radius 2 is 2.18 bits per heavy atom. The van der Waals surface area contributed by atoms with Crippen LogP contribution in [0.2, 0.25) is 0 Å². The van der Waals surface area contributed by atoms with Crippen LogP contribution in [0.15, 0.2) is 17.1 Å². The van der Waals surface area contributed by atoms with E-state index in [2.05, 4.69) is 4.98 Å². The van der Waals surface area contributed by atoms with Gasteiger partial charge in [0.05, 0.1) is 5.56 Å². The van der Waals surface area contributed by atoms with E-state index in [1.165, 1.54) is 0 Å². The van der Waals surface area contributed by atoms with Crippen LogP contribution in [0, 0.1) is 6.92 Å². The zero-order valence-corrected chi connectivity index (χ0v) is 5.90. The quantitative estimate of drug-likeness (QED) is 0.663. The molecule has 1 aromatic heterocycles. The number of H-pyrrole nitrogens is 1. The van der Waals surface area contributed by atoms with E-state index in [0.29, 0.717) is 5.69 Å². The Balaban J connectivity index is 3.21. The van der Waals surface area contributed by atoms with E-state index < -0.39 is 17.4 Å². The lowest BCUT2D eigenvalue weighted by Gasteiger charge is -1.97. The molecule has 1 rings (SSSR count). The van der Waals surface area contributed by atoms with Gasteiger partial charge in [0.2, 0.25) is 0 Å². The van der Waals surface area contributed by atoms with Gasteiger partial charge in [0.15, 0.2) is 5.43 Å². The molecule has 2 nitrogen and oxygen atoms in total. The van der Waals surface area contributed by atoms with E-state index in [1.54, 1.807) is 6.92 Å². The van der Waals surface area contributed by atoms with Crippen LogP contribution in [-0.4, -0.2) is 4.98 Å². The molecule has 60 valence electrons. The van der Waals surface area contributed by atoms with Crippen molar-refractivity contribution in [1.29, 1.82) is 0 Å². The average Bonchev–Trinajstić information content (AvgIpc) is 1.85. The maximum atomic E-state index is 11.9. The van der Waals surface area contributed by atoms with Gasteiger partial charge in [0, 0.05) is 18.0 Å². The first kappa shape index (κ1) is 7.91. The normalized spacial score (nSPS) is 10.5. The predicted molar refractivity (Wildman–Crippen MR) is 36.8 cm³/mol. The molecule has 1 heterocycles.